The number of carbonyl (C=O) groups excluding carboxylic acids is 1. The average Bonchev–Trinajstić information content (AvgIpc) is 2.65. The average molecular weight is 400 g/mol. The number of ether oxygens (including phenoxy) is 2. The Morgan fingerprint density at radius 1 is 1.11 bits per heavy atom. The second kappa shape index (κ2) is 12.8. The highest BCUT2D eigenvalue weighted by atomic mass is 16.6. The van der Waals surface area contributed by atoms with Crippen LogP contribution in [0, 0.1) is 5.92 Å². The van der Waals surface area contributed by atoms with E-state index >= 15 is 0 Å². The van der Waals surface area contributed by atoms with Crippen molar-refractivity contribution in [1.82, 2.24) is 20.9 Å². The second-order valence-electron chi connectivity index (χ2n) is 8.10. The van der Waals surface area contributed by atoms with E-state index < -0.39 is 11.7 Å². The summed E-state index contributed by atoms with van der Waals surface area (Å²) in [5.41, 5.74) is -0.487. The number of alkyl carbamates (subject to hydrolysis) is 1. The smallest absolute Gasteiger partial charge is 0.407 e. The monoisotopic (exact) mass is 399 g/mol. The molecule has 1 fully saturated rings. The number of amides is 1. The van der Waals surface area contributed by atoms with Crippen molar-refractivity contribution in [2.24, 2.45) is 10.9 Å². The molecule has 8 nitrogen and oxygen atoms in total. The lowest BCUT2D eigenvalue weighted by molar-refractivity contribution is 0.00272. The molecular weight excluding hydrogens is 358 g/mol. The molecule has 0 saturated carbocycles. The zero-order valence-electron chi connectivity index (χ0n) is 18.6. The fourth-order valence-corrected chi connectivity index (χ4v) is 3.42. The van der Waals surface area contributed by atoms with Gasteiger partial charge in [-0.3, -0.25) is 9.89 Å². The Labute approximate surface area is 170 Å². The van der Waals surface area contributed by atoms with Crippen molar-refractivity contribution in [1.29, 1.82) is 0 Å². The molecule has 3 N–H and O–H groups in total. The SMILES string of the molecule is CCC(CC)C(CNC(=NC)NCCNC(=O)OC(C)(C)C)N1CCOCC1. The fraction of sp³-hybridized carbons (Fsp3) is 0.900. The predicted octanol–water partition coefficient (Wildman–Crippen LogP) is 1.81. The molecule has 8 heteroatoms. The van der Waals surface area contributed by atoms with E-state index in [0.29, 0.717) is 25.0 Å². The van der Waals surface area contributed by atoms with Crippen molar-refractivity contribution in [3.63, 3.8) is 0 Å². The van der Waals surface area contributed by atoms with Crippen molar-refractivity contribution in [3.8, 4) is 0 Å². The Morgan fingerprint density at radius 3 is 2.25 bits per heavy atom. The first kappa shape index (κ1) is 24.5. The van der Waals surface area contributed by atoms with Gasteiger partial charge in [-0.25, -0.2) is 4.79 Å². The van der Waals surface area contributed by atoms with Gasteiger partial charge >= 0.3 is 6.09 Å². The minimum atomic E-state index is -0.487. The quantitative estimate of drug-likeness (QED) is 0.311. The third-order valence-corrected chi connectivity index (χ3v) is 4.90. The molecule has 1 aliphatic rings. The Hall–Kier alpha value is -1.54. The van der Waals surface area contributed by atoms with Crippen LogP contribution in [0.5, 0.6) is 0 Å². The fourth-order valence-electron chi connectivity index (χ4n) is 3.42. The van der Waals surface area contributed by atoms with Crippen LogP contribution in [0.1, 0.15) is 47.5 Å². The van der Waals surface area contributed by atoms with Crippen molar-refractivity contribution in [2.45, 2.75) is 59.1 Å². The number of rotatable bonds is 9. The van der Waals surface area contributed by atoms with Crippen LogP contribution in [0.25, 0.3) is 0 Å². The molecule has 1 rings (SSSR count). The molecule has 0 spiro atoms. The summed E-state index contributed by atoms with van der Waals surface area (Å²) in [7, 11) is 1.76. The molecule has 1 saturated heterocycles. The van der Waals surface area contributed by atoms with Crippen LogP contribution in [0.4, 0.5) is 4.79 Å². The first-order valence-corrected chi connectivity index (χ1v) is 10.5. The molecule has 164 valence electrons. The van der Waals surface area contributed by atoms with Crippen LogP contribution < -0.4 is 16.0 Å². The van der Waals surface area contributed by atoms with Crippen LogP contribution in [-0.2, 0) is 9.47 Å². The van der Waals surface area contributed by atoms with Crippen molar-refractivity contribution >= 4 is 12.1 Å². The van der Waals surface area contributed by atoms with E-state index in [1.807, 2.05) is 20.8 Å². The van der Waals surface area contributed by atoms with E-state index in [-0.39, 0.29) is 0 Å². The van der Waals surface area contributed by atoms with E-state index in [4.69, 9.17) is 9.47 Å². The van der Waals surface area contributed by atoms with Crippen LogP contribution in [0.2, 0.25) is 0 Å². The topological polar surface area (TPSA) is 87.2 Å². The highest BCUT2D eigenvalue weighted by Gasteiger charge is 2.27. The number of nitrogens with one attached hydrogen (secondary N) is 3. The maximum Gasteiger partial charge on any atom is 0.407 e. The maximum atomic E-state index is 11.7. The summed E-state index contributed by atoms with van der Waals surface area (Å²) in [6.45, 7) is 15.5. The van der Waals surface area contributed by atoms with E-state index in [0.717, 1.165) is 51.6 Å². The Morgan fingerprint density at radius 2 is 1.71 bits per heavy atom. The summed E-state index contributed by atoms with van der Waals surface area (Å²) >= 11 is 0. The molecule has 1 unspecified atom stereocenters. The Bertz CT molecular complexity index is 469. The van der Waals surface area contributed by atoms with Gasteiger partial charge in [0.2, 0.25) is 0 Å². The highest BCUT2D eigenvalue weighted by Crippen LogP contribution is 2.19. The van der Waals surface area contributed by atoms with Gasteiger partial charge in [-0.2, -0.15) is 0 Å². The van der Waals surface area contributed by atoms with E-state index in [9.17, 15) is 4.79 Å². The number of guanidine groups is 1. The summed E-state index contributed by atoms with van der Waals surface area (Å²) in [6.07, 6.45) is 1.91. The molecule has 0 bridgehead atoms. The summed E-state index contributed by atoms with van der Waals surface area (Å²) in [6, 6.07) is 0.456. The predicted molar refractivity (Wildman–Crippen MR) is 114 cm³/mol. The van der Waals surface area contributed by atoms with Gasteiger partial charge in [-0.15, -0.1) is 0 Å². The second-order valence-corrected chi connectivity index (χ2v) is 8.10. The van der Waals surface area contributed by atoms with Crippen LogP contribution in [-0.4, -0.2) is 81.6 Å². The van der Waals surface area contributed by atoms with Gasteiger partial charge in [0.05, 0.1) is 13.2 Å². The van der Waals surface area contributed by atoms with Gasteiger partial charge in [0.1, 0.15) is 5.60 Å². The first-order valence-electron chi connectivity index (χ1n) is 10.5. The third-order valence-electron chi connectivity index (χ3n) is 4.90. The molecule has 28 heavy (non-hydrogen) atoms. The van der Waals surface area contributed by atoms with E-state index in [1.165, 1.54) is 0 Å². The van der Waals surface area contributed by atoms with Gasteiger partial charge in [-0.05, 0) is 26.7 Å². The van der Waals surface area contributed by atoms with Gasteiger partial charge in [0.15, 0.2) is 5.96 Å². The number of aliphatic imine (C=N–C) groups is 1. The highest BCUT2D eigenvalue weighted by molar-refractivity contribution is 5.79. The molecule has 0 radical (unpaired) electrons. The Balaban J connectivity index is 2.43. The zero-order valence-corrected chi connectivity index (χ0v) is 18.6. The van der Waals surface area contributed by atoms with E-state index in [2.05, 4.69) is 39.7 Å². The molecular formula is C20H41N5O3. The summed E-state index contributed by atoms with van der Waals surface area (Å²) in [5.74, 6) is 1.38. The van der Waals surface area contributed by atoms with Crippen molar-refractivity contribution in [3.05, 3.63) is 0 Å². The van der Waals surface area contributed by atoms with Crippen LogP contribution in [0.3, 0.4) is 0 Å². The molecule has 0 aromatic heterocycles. The van der Waals surface area contributed by atoms with Gasteiger partial charge in [-0.1, -0.05) is 26.7 Å². The molecule has 1 heterocycles. The first-order chi connectivity index (χ1) is 13.3. The molecule has 1 atom stereocenters. The maximum absolute atomic E-state index is 11.7. The summed E-state index contributed by atoms with van der Waals surface area (Å²) in [5, 5.41) is 9.44. The van der Waals surface area contributed by atoms with Crippen molar-refractivity contribution in [2.75, 3.05) is 53.0 Å². The number of hydrogen-bond donors (Lipinski definition) is 3. The van der Waals surface area contributed by atoms with Gasteiger partial charge in [0, 0.05) is 45.8 Å². The summed E-state index contributed by atoms with van der Waals surface area (Å²) in [4.78, 5) is 18.5. The number of nitrogens with zero attached hydrogens (tertiary/aromatic N) is 2. The van der Waals surface area contributed by atoms with Gasteiger partial charge < -0.3 is 25.4 Å². The normalized spacial score (nSPS) is 17.3. The van der Waals surface area contributed by atoms with Crippen molar-refractivity contribution < 1.29 is 14.3 Å². The lowest BCUT2D eigenvalue weighted by Gasteiger charge is -2.39. The Kier molecular flexibility index (Phi) is 11.2. The minimum absolute atomic E-state index is 0.404. The van der Waals surface area contributed by atoms with Crippen LogP contribution >= 0.6 is 0 Å². The number of morpholine rings is 1. The standard InChI is InChI=1S/C20H41N5O3/c1-7-16(8-2)17(25-11-13-27-14-12-25)15-24-18(21-6)22-9-10-23-19(26)28-20(3,4)5/h16-17H,7-15H2,1-6H3,(H,23,26)(H2,21,22,24). The largest absolute Gasteiger partial charge is 0.444 e. The van der Waals surface area contributed by atoms with Crippen LogP contribution in [0.15, 0.2) is 4.99 Å². The molecule has 0 aromatic carbocycles. The lowest BCUT2D eigenvalue weighted by Crippen LogP contribution is -2.53. The minimum Gasteiger partial charge on any atom is -0.444 e. The number of hydrogen-bond acceptors (Lipinski definition) is 5. The zero-order chi connectivity index (χ0) is 21.0. The third kappa shape index (κ3) is 9.59. The molecule has 0 aliphatic carbocycles. The van der Waals surface area contributed by atoms with Gasteiger partial charge in [0.25, 0.3) is 0 Å². The summed E-state index contributed by atoms with van der Waals surface area (Å²) < 4.78 is 10.7. The molecule has 1 amide bonds. The lowest BCUT2D eigenvalue weighted by atomic mass is 9.92. The molecule has 1 aliphatic heterocycles. The molecule has 0 aromatic rings. The number of carbonyl (C=O) groups is 1. The van der Waals surface area contributed by atoms with E-state index in [1.54, 1.807) is 7.05 Å².